The summed E-state index contributed by atoms with van der Waals surface area (Å²) in [4.78, 5) is 17.6. The van der Waals surface area contributed by atoms with Gasteiger partial charge in [0.15, 0.2) is 11.4 Å². The summed E-state index contributed by atoms with van der Waals surface area (Å²) in [5.41, 5.74) is 1.65. The monoisotopic (exact) mass is 337 g/mol. The maximum absolute atomic E-state index is 12.5. The molecule has 124 valence electrons. The molecule has 1 saturated heterocycles. The van der Waals surface area contributed by atoms with Gasteiger partial charge in [0.2, 0.25) is 0 Å². The number of hydrogen-bond donors (Lipinski definition) is 1. The average molecular weight is 338 g/mol. The Morgan fingerprint density at radius 3 is 2.52 bits per heavy atom. The first-order valence-corrected chi connectivity index (χ1v) is 7.99. The van der Waals surface area contributed by atoms with Crippen LogP contribution in [0.5, 0.6) is 0 Å². The van der Waals surface area contributed by atoms with Crippen molar-refractivity contribution in [3.63, 3.8) is 0 Å². The Kier molecular flexibility index (Phi) is 4.12. The van der Waals surface area contributed by atoms with Crippen LogP contribution in [0.1, 0.15) is 29.5 Å². The van der Waals surface area contributed by atoms with Gasteiger partial charge in [0.1, 0.15) is 5.57 Å². The predicted octanol–water partition coefficient (Wildman–Crippen LogP) is 3.18. The molecule has 1 spiro atoms. The van der Waals surface area contributed by atoms with Crippen LogP contribution < -0.4 is 0 Å². The number of halogens is 1. The van der Waals surface area contributed by atoms with Gasteiger partial charge in [-0.3, -0.25) is 0 Å². The summed E-state index contributed by atoms with van der Waals surface area (Å²) in [5, 5.41) is 13.0. The summed E-state index contributed by atoms with van der Waals surface area (Å²) in [6, 6.07) is 3.73. The minimum absolute atomic E-state index is 0.00731. The van der Waals surface area contributed by atoms with Crippen molar-refractivity contribution in [3.8, 4) is 0 Å². The molecule has 0 aromatic heterocycles. The number of esters is 1. The first-order valence-electron chi connectivity index (χ1n) is 7.61. The Bertz CT molecular complexity index is 667. The molecule has 0 aliphatic carbocycles. The number of hydroxylamine groups is 2. The number of aliphatic hydroxyl groups is 1. The topological polar surface area (TPSA) is 59.0 Å². The molecule has 2 aliphatic rings. The number of aliphatic hydroxyl groups excluding tert-OH is 1. The van der Waals surface area contributed by atoms with Crippen LogP contribution in [-0.2, 0) is 14.4 Å². The van der Waals surface area contributed by atoms with Gasteiger partial charge in [-0.2, -0.15) is 5.06 Å². The first-order chi connectivity index (χ1) is 10.9. The van der Waals surface area contributed by atoms with Gasteiger partial charge in [-0.15, -0.1) is 0 Å². The van der Waals surface area contributed by atoms with Crippen molar-refractivity contribution in [3.05, 3.63) is 39.6 Å². The van der Waals surface area contributed by atoms with Crippen molar-refractivity contribution >= 4 is 23.1 Å². The smallest absolute Gasteiger partial charge is 0.343 e. The van der Waals surface area contributed by atoms with Crippen LogP contribution >= 0.6 is 11.6 Å². The summed E-state index contributed by atoms with van der Waals surface area (Å²) in [6.07, 6.45) is 0.981. The Morgan fingerprint density at radius 2 is 1.96 bits per heavy atom. The van der Waals surface area contributed by atoms with Crippen molar-refractivity contribution in [1.82, 2.24) is 5.06 Å². The van der Waals surface area contributed by atoms with E-state index in [4.69, 9.17) is 21.2 Å². The van der Waals surface area contributed by atoms with E-state index in [1.165, 1.54) is 0 Å². The molecule has 0 unspecified atom stereocenters. The number of ether oxygens (including phenoxy) is 1. The summed E-state index contributed by atoms with van der Waals surface area (Å²) >= 11 is 6.34. The molecule has 0 saturated carbocycles. The average Bonchev–Trinajstić information content (AvgIpc) is 2.72. The Balaban J connectivity index is 2.04. The second kappa shape index (κ2) is 5.82. The number of piperidine rings is 1. The van der Waals surface area contributed by atoms with E-state index in [-0.39, 0.29) is 11.3 Å². The largest absolute Gasteiger partial charge is 0.507 e. The quantitative estimate of drug-likeness (QED) is 0.840. The lowest BCUT2D eigenvalue weighted by Crippen LogP contribution is -2.45. The summed E-state index contributed by atoms with van der Waals surface area (Å²) in [7, 11) is 1.61. The molecular weight excluding hydrogens is 318 g/mol. The molecule has 0 bridgehead atoms. The Morgan fingerprint density at radius 1 is 1.30 bits per heavy atom. The van der Waals surface area contributed by atoms with E-state index in [0.29, 0.717) is 36.5 Å². The highest BCUT2D eigenvalue weighted by Gasteiger charge is 2.50. The fraction of sp³-hybridized carbons (Fsp3) is 0.471. The van der Waals surface area contributed by atoms with Crippen molar-refractivity contribution in [2.45, 2.75) is 32.3 Å². The number of hydrogen-bond acceptors (Lipinski definition) is 5. The molecule has 2 aliphatic heterocycles. The maximum atomic E-state index is 12.5. The molecule has 2 heterocycles. The fourth-order valence-electron chi connectivity index (χ4n) is 3.42. The highest BCUT2D eigenvalue weighted by molar-refractivity contribution is 6.35. The molecule has 0 amide bonds. The lowest BCUT2D eigenvalue weighted by Gasteiger charge is -2.36. The van der Waals surface area contributed by atoms with Gasteiger partial charge >= 0.3 is 5.97 Å². The van der Waals surface area contributed by atoms with Crippen LogP contribution in [0, 0.1) is 13.8 Å². The molecule has 3 rings (SSSR count). The van der Waals surface area contributed by atoms with E-state index in [1.54, 1.807) is 18.2 Å². The first kappa shape index (κ1) is 16.3. The molecule has 1 aromatic rings. The lowest BCUT2D eigenvalue weighted by molar-refractivity contribution is -0.182. The number of benzene rings is 1. The lowest BCUT2D eigenvalue weighted by atomic mass is 9.87. The predicted molar refractivity (Wildman–Crippen MR) is 87.1 cm³/mol. The number of nitrogens with zero attached hydrogens (tertiary/aromatic N) is 1. The van der Waals surface area contributed by atoms with Crippen molar-refractivity contribution < 1.29 is 19.5 Å². The number of carbonyl (C=O) groups is 1. The second-order valence-corrected chi connectivity index (χ2v) is 6.56. The van der Waals surface area contributed by atoms with Crippen molar-refractivity contribution in [2.75, 3.05) is 20.2 Å². The zero-order valence-electron chi connectivity index (χ0n) is 13.5. The molecule has 0 atom stereocenters. The van der Waals surface area contributed by atoms with Crippen LogP contribution in [-0.4, -0.2) is 41.9 Å². The number of rotatable bonds is 2. The molecule has 1 fully saturated rings. The van der Waals surface area contributed by atoms with Crippen LogP contribution in [0.2, 0.25) is 5.02 Å². The van der Waals surface area contributed by atoms with E-state index in [9.17, 15) is 9.90 Å². The highest BCUT2D eigenvalue weighted by Crippen LogP contribution is 2.45. The highest BCUT2D eigenvalue weighted by atomic mass is 35.5. The fourth-order valence-corrected chi connectivity index (χ4v) is 3.84. The molecule has 0 radical (unpaired) electrons. The standard InChI is InChI=1S/C17H20ClNO4/c1-10-8-11(2)13(12(18)9-10)14-15(20)17(23-16(14)21)4-6-19(22-3)7-5-17/h8-9,20H,4-7H2,1-3H3. The van der Waals surface area contributed by atoms with Crippen molar-refractivity contribution in [1.29, 1.82) is 0 Å². The minimum Gasteiger partial charge on any atom is -0.507 e. The summed E-state index contributed by atoms with van der Waals surface area (Å²) in [6.45, 7) is 4.98. The third kappa shape index (κ3) is 2.63. The van der Waals surface area contributed by atoms with Crippen LogP contribution in [0.15, 0.2) is 17.9 Å². The van der Waals surface area contributed by atoms with Gasteiger partial charge in [-0.05, 0) is 31.0 Å². The normalized spacial score (nSPS) is 21.1. The van der Waals surface area contributed by atoms with E-state index < -0.39 is 11.6 Å². The molecule has 1 aromatic carbocycles. The second-order valence-electron chi connectivity index (χ2n) is 6.16. The van der Waals surface area contributed by atoms with Gasteiger partial charge in [-0.25, -0.2) is 4.79 Å². The molecule has 1 N–H and O–H groups in total. The van der Waals surface area contributed by atoms with Gasteiger partial charge in [0.05, 0.1) is 7.11 Å². The van der Waals surface area contributed by atoms with Gasteiger partial charge in [0.25, 0.3) is 0 Å². The Hall–Kier alpha value is -1.56. The third-order valence-electron chi connectivity index (χ3n) is 4.63. The SMILES string of the molecule is CON1CCC2(CC1)OC(=O)C(c1c(C)cc(C)cc1Cl)=C2O. The zero-order chi connectivity index (χ0) is 16.8. The molecular formula is C17H20ClNO4. The van der Waals surface area contributed by atoms with Gasteiger partial charge in [-0.1, -0.05) is 17.7 Å². The van der Waals surface area contributed by atoms with Gasteiger partial charge in [0, 0.05) is 36.5 Å². The third-order valence-corrected chi connectivity index (χ3v) is 4.93. The van der Waals surface area contributed by atoms with Crippen LogP contribution in [0.3, 0.4) is 0 Å². The maximum Gasteiger partial charge on any atom is 0.343 e. The van der Waals surface area contributed by atoms with Gasteiger partial charge < -0.3 is 14.7 Å². The summed E-state index contributed by atoms with van der Waals surface area (Å²) < 4.78 is 5.60. The van der Waals surface area contributed by atoms with E-state index in [1.807, 2.05) is 19.9 Å². The van der Waals surface area contributed by atoms with E-state index in [0.717, 1.165) is 11.1 Å². The minimum atomic E-state index is -0.956. The molecule has 23 heavy (non-hydrogen) atoms. The number of carbonyl (C=O) groups excluding carboxylic acids is 1. The van der Waals surface area contributed by atoms with E-state index >= 15 is 0 Å². The van der Waals surface area contributed by atoms with Crippen LogP contribution in [0.25, 0.3) is 5.57 Å². The summed E-state index contributed by atoms with van der Waals surface area (Å²) in [5.74, 6) is -0.519. The van der Waals surface area contributed by atoms with Crippen LogP contribution in [0.4, 0.5) is 0 Å². The molecule has 5 nitrogen and oxygen atoms in total. The number of aryl methyl sites for hydroxylation is 2. The zero-order valence-corrected chi connectivity index (χ0v) is 14.2. The van der Waals surface area contributed by atoms with Crippen molar-refractivity contribution in [2.24, 2.45) is 0 Å². The molecule has 6 heteroatoms. The van der Waals surface area contributed by atoms with E-state index in [2.05, 4.69) is 0 Å². The Labute approximate surface area is 140 Å².